The molecule has 0 aliphatic carbocycles. The summed E-state index contributed by atoms with van der Waals surface area (Å²) in [5, 5.41) is 12.8. The smallest absolute Gasteiger partial charge is 0.243 e. The van der Waals surface area contributed by atoms with Gasteiger partial charge in [0.05, 0.1) is 22.7 Å². The number of rotatable bonds is 5. The lowest BCUT2D eigenvalue weighted by Gasteiger charge is -2.31. The highest BCUT2D eigenvalue weighted by molar-refractivity contribution is 7.89. The predicted octanol–water partition coefficient (Wildman–Crippen LogP) is 2.04. The highest BCUT2D eigenvalue weighted by atomic mass is 32.2. The Bertz CT molecular complexity index is 1120. The monoisotopic (exact) mass is 410 g/mol. The SMILES string of the molecule is N#Cc1ccc(S(=O)(=O)N2CCC[C@H](Cc3nc(-c4cnccn4)no3)C2)cc1. The minimum atomic E-state index is -3.61. The van der Waals surface area contributed by atoms with Gasteiger partial charge in [0.2, 0.25) is 21.7 Å². The van der Waals surface area contributed by atoms with E-state index in [1.165, 1.54) is 28.6 Å². The fourth-order valence-electron chi connectivity index (χ4n) is 3.37. The van der Waals surface area contributed by atoms with Crippen molar-refractivity contribution in [2.75, 3.05) is 13.1 Å². The molecule has 1 fully saturated rings. The van der Waals surface area contributed by atoms with Crippen molar-refractivity contribution in [3.05, 3.63) is 54.3 Å². The van der Waals surface area contributed by atoms with Crippen molar-refractivity contribution in [3.63, 3.8) is 0 Å². The fourth-order valence-corrected chi connectivity index (χ4v) is 4.92. The molecule has 1 aliphatic heterocycles. The molecule has 1 atom stereocenters. The van der Waals surface area contributed by atoms with Crippen LogP contribution in [-0.4, -0.2) is 45.9 Å². The first-order chi connectivity index (χ1) is 14.1. The Hall–Kier alpha value is -3.16. The van der Waals surface area contributed by atoms with Crippen LogP contribution in [0.2, 0.25) is 0 Å². The van der Waals surface area contributed by atoms with Crippen molar-refractivity contribution in [2.45, 2.75) is 24.2 Å². The lowest BCUT2D eigenvalue weighted by atomic mass is 9.96. The van der Waals surface area contributed by atoms with Gasteiger partial charge in [0.15, 0.2) is 0 Å². The minimum Gasteiger partial charge on any atom is -0.339 e. The van der Waals surface area contributed by atoms with E-state index in [2.05, 4.69) is 20.1 Å². The zero-order valence-electron chi connectivity index (χ0n) is 15.5. The van der Waals surface area contributed by atoms with Gasteiger partial charge in [0.25, 0.3) is 0 Å². The quantitative estimate of drug-likeness (QED) is 0.625. The normalized spacial score (nSPS) is 17.7. The van der Waals surface area contributed by atoms with Gasteiger partial charge >= 0.3 is 0 Å². The van der Waals surface area contributed by atoms with E-state index in [0.29, 0.717) is 42.5 Å². The minimum absolute atomic E-state index is 0.0760. The summed E-state index contributed by atoms with van der Waals surface area (Å²) < 4.78 is 32.7. The topological polar surface area (TPSA) is 126 Å². The molecule has 0 saturated carbocycles. The van der Waals surface area contributed by atoms with Crippen LogP contribution in [0, 0.1) is 17.2 Å². The third-order valence-corrected chi connectivity index (χ3v) is 6.71. The fraction of sp³-hybridized carbons (Fsp3) is 0.316. The molecule has 9 nitrogen and oxygen atoms in total. The van der Waals surface area contributed by atoms with Gasteiger partial charge in [0, 0.05) is 31.9 Å². The summed E-state index contributed by atoms with van der Waals surface area (Å²) in [6.45, 7) is 0.846. The zero-order chi connectivity index (χ0) is 20.3. The number of sulfonamides is 1. The van der Waals surface area contributed by atoms with E-state index in [9.17, 15) is 8.42 Å². The van der Waals surface area contributed by atoms with Crippen LogP contribution in [0.25, 0.3) is 11.5 Å². The molecule has 3 aromatic rings. The molecule has 29 heavy (non-hydrogen) atoms. The molecule has 0 spiro atoms. The molecule has 0 radical (unpaired) electrons. The van der Waals surface area contributed by atoms with Crippen molar-refractivity contribution in [2.24, 2.45) is 5.92 Å². The predicted molar refractivity (Wildman–Crippen MR) is 102 cm³/mol. The van der Waals surface area contributed by atoms with Gasteiger partial charge in [-0.1, -0.05) is 5.16 Å². The van der Waals surface area contributed by atoms with Gasteiger partial charge in [-0.2, -0.15) is 14.6 Å². The van der Waals surface area contributed by atoms with E-state index in [-0.39, 0.29) is 10.8 Å². The second-order valence-electron chi connectivity index (χ2n) is 6.81. The molecule has 0 amide bonds. The van der Waals surface area contributed by atoms with Crippen molar-refractivity contribution in [3.8, 4) is 17.6 Å². The number of hydrogen-bond donors (Lipinski definition) is 0. The van der Waals surface area contributed by atoms with Gasteiger partial charge in [0.1, 0.15) is 5.69 Å². The molecule has 1 aliphatic rings. The Labute approximate surface area is 168 Å². The second-order valence-corrected chi connectivity index (χ2v) is 8.75. The largest absolute Gasteiger partial charge is 0.339 e. The Balaban J connectivity index is 1.46. The number of piperidine rings is 1. The van der Waals surface area contributed by atoms with Crippen molar-refractivity contribution in [1.29, 1.82) is 5.26 Å². The molecule has 4 rings (SSSR count). The van der Waals surface area contributed by atoms with Crippen molar-refractivity contribution < 1.29 is 12.9 Å². The zero-order valence-corrected chi connectivity index (χ0v) is 16.3. The lowest BCUT2D eigenvalue weighted by molar-refractivity contribution is 0.247. The standard InChI is InChI=1S/C19H18N6O3S/c20-11-14-3-5-16(6-4-14)29(26,27)25-9-1-2-15(13-25)10-18-23-19(24-28-18)17-12-21-7-8-22-17/h3-8,12,15H,1-2,9-10,13H2/t15-/m1/s1. The second kappa shape index (κ2) is 8.06. The summed E-state index contributed by atoms with van der Waals surface area (Å²) in [6, 6.07) is 7.97. The van der Waals surface area contributed by atoms with Gasteiger partial charge in [-0.3, -0.25) is 4.98 Å². The van der Waals surface area contributed by atoms with Gasteiger partial charge in [-0.25, -0.2) is 13.4 Å². The molecule has 10 heteroatoms. The lowest BCUT2D eigenvalue weighted by Crippen LogP contribution is -2.40. The van der Waals surface area contributed by atoms with Gasteiger partial charge in [-0.15, -0.1) is 0 Å². The summed E-state index contributed by atoms with van der Waals surface area (Å²) in [4.78, 5) is 12.7. The van der Waals surface area contributed by atoms with E-state index < -0.39 is 10.0 Å². The molecule has 3 heterocycles. The van der Waals surface area contributed by atoms with Crippen LogP contribution in [0.1, 0.15) is 24.3 Å². The van der Waals surface area contributed by atoms with Crippen LogP contribution in [0.3, 0.4) is 0 Å². The van der Waals surface area contributed by atoms with Crippen LogP contribution in [0.4, 0.5) is 0 Å². The van der Waals surface area contributed by atoms with Crippen LogP contribution in [0.15, 0.2) is 52.3 Å². The Morgan fingerprint density at radius 3 is 2.79 bits per heavy atom. The first-order valence-corrected chi connectivity index (χ1v) is 10.6. The number of nitrogens with zero attached hydrogens (tertiary/aromatic N) is 6. The Morgan fingerprint density at radius 1 is 1.24 bits per heavy atom. The average molecular weight is 410 g/mol. The summed E-state index contributed by atoms with van der Waals surface area (Å²) in [7, 11) is -3.61. The van der Waals surface area contributed by atoms with Gasteiger partial charge < -0.3 is 4.52 Å². The third kappa shape index (κ3) is 4.16. The molecule has 0 unspecified atom stereocenters. The first-order valence-electron chi connectivity index (χ1n) is 9.15. The summed E-state index contributed by atoms with van der Waals surface area (Å²) >= 11 is 0. The molecular weight excluding hydrogens is 392 g/mol. The maximum Gasteiger partial charge on any atom is 0.243 e. The average Bonchev–Trinajstić information content (AvgIpc) is 3.23. The van der Waals surface area contributed by atoms with Gasteiger partial charge in [-0.05, 0) is 43.0 Å². The number of nitriles is 1. The van der Waals surface area contributed by atoms with E-state index in [1.807, 2.05) is 6.07 Å². The van der Waals surface area contributed by atoms with E-state index in [1.54, 1.807) is 18.6 Å². The van der Waals surface area contributed by atoms with Crippen molar-refractivity contribution in [1.82, 2.24) is 24.4 Å². The highest BCUT2D eigenvalue weighted by Gasteiger charge is 2.31. The Kier molecular flexibility index (Phi) is 5.33. The molecule has 148 valence electrons. The summed E-state index contributed by atoms with van der Waals surface area (Å²) in [5.74, 6) is 0.895. The van der Waals surface area contributed by atoms with E-state index in [4.69, 9.17) is 9.78 Å². The van der Waals surface area contributed by atoms with E-state index >= 15 is 0 Å². The Morgan fingerprint density at radius 2 is 2.07 bits per heavy atom. The molecule has 2 aromatic heterocycles. The third-order valence-electron chi connectivity index (χ3n) is 4.83. The summed E-state index contributed by atoms with van der Waals surface area (Å²) in [5.41, 5.74) is 0.951. The number of benzene rings is 1. The molecule has 0 N–H and O–H groups in total. The number of hydrogen-bond acceptors (Lipinski definition) is 8. The highest BCUT2D eigenvalue weighted by Crippen LogP contribution is 2.26. The summed E-state index contributed by atoms with van der Waals surface area (Å²) in [6.07, 6.45) is 6.80. The van der Waals surface area contributed by atoms with E-state index in [0.717, 1.165) is 12.8 Å². The molecule has 1 saturated heterocycles. The first kappa shape index (κ1) is 19.2. The number of aromatic nitrogens is 4. The van der Waals surface area contributed by atoms with Crippen molar-refractivity contribution >= 4 is 10.0 Å². The maximum absolute atomic E-state index is 13.0. The maximum atomic E-state index is 13.0. The van der Waals surface area contributed by atoms with Crippen LogP contribution >= 0.6 is 0 Å². The molecule has 1 aromatic carbocycles. The van der Waals surface area contributed by atoms with Crippen LogP contribution < -0.4 is 0 Å². The van der Waals surface area contributed by atoms with Crippen LogP contribution in [-0.2, 0) is 16.4 Å². The molecular formula is C19H18N6O3S. The molecule has 0 bridgehead atoms. The van der Waals surface area contributed by atoms with Crippen LogP contribution in [0.5, 0.6) is 0 Å².